The van der Waals surface area contributed by atoms with Crippen LogP contribution in [0.1, 0.15) is 24.9 Å². The highest BCUT2D eigenvalue weighted by Crippen LogP contribution is 2.31. The van der Waals surface area contributed by atoms with Crippen LogP contribution in [-0.4, -0.2) is 13.2 Å². The Balaban J connectivity index is 0.00000256. The number of rotatable bonds is 5. The fourth-order valence-corrected chi connectivity index (χ4v) is 1.69. The van der Waals surface area contributed by atoms with Crippen LogP contribution in [0, 0.1) is 5.82 Å². The topological polar surface area (TPSA) is 61.3 Å². The van der Waals surface area contributed by atoms with E-state index in [2.05, 4.69) is 0 Å². The summed E-state index contributed by atoms with van der Waals surface area (Å²) in [5.74, 6) is -0.412. The summed E-state index contributed by atoms with van der Waals surface area (Å²) in [5.41, 5.74) is 11.8. The van der Waals surface area contributed by atoms with Crippen molar-refractivity contribution in [3.8, 4) is 5.75 Å². The molecule has 1 rings (SSSR count). The van der Waals surface area contributed by atoms with Crippen molar-refractivity contribution in [1.82, 2.24) is 0 Å². The van der Waals surface area contributed by atoms with Crippen molar-refractivity contribution in [2.24, 2.45) is 11.5 Å². The van der Waals surface area contributed by atoms with Crippen molar-refractivity contribution < 1.29 is 9.13 Å². The Kier molecular flexibility index (Phi) is 7.46. The average Bonchev–Trinajstić information content (AvgIpc) is 2.23. The SMILES string of the molecule is CCOc1c(F)cc([C@H](N)CCN)cc1Cl.Cl. The minimum atomic E-state index is -0.489. The van der Waals surface area contributed by atoms with Crippen molar-refractivity contribution in [2.45, 2.75) is 19.4 Å². The summed E-state index contributed by atoms with van der Waals surface area (Å²) >= 11 is 5.91. The normalized spacial score (nSPS) is 11.8. The van der Waals surface area contributed by atoms with E-state index < -0.39 is 5.82 Å². The van der Waals surface area contributed by atoms with Gasteiger partial charge in [0.15, 0.2) is 11.6 Å². The molecule has 98 valence electrons. The van der Waals surface area contributed by atoms with Crippen LogP contribution < -0.4 is 16.2 Å². The summed E-state index contributed by atoms with van der Waals surface area (Å²) in [6, 6.07) is 2.67. The standard InChI is InChI=1S/C11H16ClFN2O.ClH/c1-2-16-11-8(12)5-7(6-9(11)13)10(15)3-4-14;/h5-6,10H,2-4,14-15H2,1H3;1H/t10-;/m1./s1. The first-order chi connectivity index (χ1) is 7.60. The van der Waals surface area contributed by atoms with Crippen LogP contribution in [0.25, 0.3) is 0 Å². The molecular formula is C11H17Cl2FN2O. The summed E-state index contributed by atoms with van der Waals surface area (Å²) in [5, 5.41) is 0.240. The van der Waals surface area contributed by atoms with Crippen molar-refractivity contribution in [1.29, 1.82) is 0 Å². The number of ether oxygens (including phenoxy) is 1. The molecule has 0 aliphatic heterocycles. The lowest BCUT2D eigenvalue weighted by atomic mass is 10.0. The minimum absolute atomic E-state index is 0. The second-order valence-corrected chi connectivity index (χ2v) is 3.84. The Morgan fingerprint density at radius 1 is 1.47 bits per heavy atom. The van der Waals surface area contributed by atoms with Gasteiger partial charge in [0.2, 0.25) is 0 Å². The number of nitrogens with two attached hydrogens (primary N) is 2. The van der Waals surface area contributed by atoms with E-state index in [0.29, 0.717) is 25.1 Å². The fraction of sp³-hybridized carbons (Fsp3) is 0.455. The van der Waals surface area contributed by atoms with Crippen LogP contribution in [0.5, 0.6) is 5.75 Å². The maximum absolute atomic E-state index is 13.6. The van der Waals surface area contributed by atoms with Gasteiger partial charge in [0.25, 0.3) is 0 Å². The second-order valence-electron chi connectivity index (χ2n) is 3.43. The lowest BCUT2D eigenvalue weighted by Crippen LogP contribution is -2.15. The predicted octanol–water partition coefficient (Wildman–Crippen LogP) is 2.65. The zero-order chi connectivity index (χ0) is 12.1. The highest BCUT2D eigenvalue weighted by atomic mass is 35.5. The first-order valence-electron chi connectivity index (χ1n) is 5.17. The molecule has 0 saturated heterocycles. The quantitative estimate of drug-likeness (QED) is 0.873. The number of hydrogen-bond donors (Lipinski definition) is 2. The van der Waals surface area contributed by atoms with Crippen LogP contribution in [0.2, 0.25) is 5.02 Å². The molecule has 0 saturated carbocycles. The van der Waals surface area contributed by atoms with Gasteiger partial charge in [0, 0.05) is 6.04 Å². The maximum Gasteiger partial charge on any atom is 0.173 e. The van der Waals surface area contributed by atoms with Gasteiger partial charge in [-0.25, -0.2) is 4.39 Å². The minimum Gasteiger partial charge on any atom is -0.489 e. The molecule has 4 N–H and O–H groups in total. The van der Waals surface area contributed by atoms with E-state index in [4.69, 9.17) is 27.8 Å². The first kappa shape index (κ1) is 16.4. The predicted molar refractivity (Wildman–Crippen MR) is 70.4 cm³/mol. The molecule has 17 heavy (non-hydrogen) atoms. The van der Waals surface area contributed by atoms with E-state index in [9.17, 15) is 4.39 Å². The molecule has 0 fully saturated rings. The summed E-state index contributed by atoms with van der Waals surface area (Å²) in [6.07, 6.45) is 0.587. The van der Waals surface area contributed by atoms with Gasteiger partial charge in [0.1, 0.15) is 0 Å². The lowest BCUT2D eigenvalue weighted by Gasteiger charge is -2.14. The molecule has 0 aliphatic rings. The number of halogens is 3. The van der Waals surface area contributed by atoms with Crippen molar-refractivity contribution in [3.05, 3.63) is 28.5 Å². The second kappa shape index (κ2) is 7.71. The Morgan fingerprint density at radius 3 is 2.59 bits per heavy atom. The summed E-state index contributed by atoms with van der Waals surface area (Å²) < 4.78 is 18.7. The highest BCUT2D eigenvalue weighted by Gasteiger charge is 2.14. The average molecular weight is 283 g/mol. The van der Waals surface area contributed by atoms with Crippen molar-refractivity contribution in [3.63, 3.8) is 0 Å². The molecule has 3 nitrogen and oxygen atoms in total. The van der Waals surface area contributed by atoms with Crippen LogP contribution in [0.15, 0.2) is 12.1 Å². The van der Waals surface area contributed by atoms with Crippen LogP contribution in [0.4, 0.5) is 4.39 Å². The van der Waals surface area contributed by atoms with Gasteiger partial charge in [0.05, 0.1) is 11.6 Å². The Bertz CT molecular complexity index is 340. The van der Waals surface area contributed by atoms with Crippen LogP contribution in [-0.2, 0) is 0 Å². The molecule has 1 aromatic carbocycles. The molecule has 0 bridgehead atoms. The smallest absolute Gasteiger partial charge is 0.173 e. The molecule has 6 heteroatoms. The van der Waals surface area contributed by atoms with E-state index in [1.807, 2.05) is 0 Å². The molecule has 0 unspecified atom stereocenters. The molecule has 0 heterocycles. The van der Waals surface area contributed by atoms with E-state index >= 15 is 0 Å². The van der Waals surface area contributed by atoms with Gasteiger partial charge >= 0.3 is 0 Å². The molecule has 0 spiro atoms. The van der Waals surface area contributed by atoms with Gasteiger partial charge in [-0.1, -0.05) is 11.6 Å². The third kappa shape index (κ3) is 4.32. The van der Waals surface area contributed by atoms with E-state index in [-0.39, 0.29) is 29.2 Å². The zero-order valence-corrected chi connectivity index (χ0v) is 11.2. The van der Waals surface area contributed by atoms with Gasteiger partial charge in [-0.05, 0) is 37.6 Å². The molecular weight excluding hydrogens is 266 g/mol. The highest BCUT2D eigenvalue weighted by molar-refractivity contribution is 6.32. The van der Waals surface area contributed by atoms with E-state index in [1.165, 1.54) is 6.07 Å². The third-order valence-corrected chi connectivity index (χ3v) is 2.50. The van der Waals surface area contributed by atoms with Crippen molar-refractivity contribution >= 4 is 24.0 Å². The van der Waals surface area contributed by atoms with E-state index in [1.54, 1.807) is 13.0 Å². The zero-order valence-electron chi connectivity index (χ0n) is 9.58. The largest absolute Gasteiger partial charge is 0.489 e. The molecule has 0 aromatic heterocycles. The molecule has 0 radical (unpaired) electrons. The Hall–Kier alpha value is -0.550. The molecule has 1 atom stereocenters. The number of benzene rings is 1. The molecule has 1 aromatic rings. The van der Waals surface area contributed by atoms with Crippen LogP contribution >= 0.6 is 24.0 Å². The van der Waals surface area contributed by atoms with Gasteiger partial charge in [-0.3, -0.25) is 0 Å². The van der Waals surface area contributed by atoms with Crippen LogP contribution in [0.3, 0.4) is 0 Å². The fourth-order valence-electron chi connectivity index (χ4n) is 1.42. The van der Waals surface area contributed by atoms with Gasteiger partial charge in [-0.15, -0.1) is 12.4 Å². The number of hydrogen-bond acceptors (Lipinski definition) is 3. The first-order valence-corrected chi connectivity index (χ1v) is 5.55. The Labute approximate surface area is 112 Å². The summed E-state index contributed by atoms with van der Waals surface area (Å²) in [6.45, 7) is 2.59. The van der Waals surface area contributed by atoms with E-state index in [0.717, 1.165) is 0 Å². The molecule has 0 aliphatic carbocycles. The monoisotopic (exact) mass is 282 g/mol. The van der Waals surface area contributed by atoms with Gasteiger partial charge in [-0.2, -0.15) is 0 Å². The lowest BCUT2D eigenvalue weighted by molar-refractivity contribution is 0.321. The third-order valence-electron chi connectivity index (χ3n) is 2.22. The van der Waals surface area contributed by atoms with Gasteiger partial charge < -0.3 is 16.2 Å². The Morgan fingerprint density at radius 2 is 2.12 bits per heavy atom. The summed E-state index contributed by atoms with van der Waals surface area (Å²) in [7, 11) is 0. The molecule has 0 amide bonds. The maximum atomic E-state index is 13.6. The summed E-state index contributed by atoms with van der Waals surface area (Å²) in [4.78, 5) is 0. The van der Waals surface area contributed by atoms with Crippen molar-refractivity contribution in [2.75, 3.05) is 13.2 Å².